The summed E-state index contributed by atoms with van der Waals surface area (Å²) in [7, 11) is 1.51. The van der Waals surface area contributed by atoms with E-state index in [9.17, 15) is 13.6 Å². The maximum Gasteiger partial charge on any atom is 0.387 e. The molecule has 0 spiro atoms. The number of nitrogens with one attached hydrogen (secondary N) is 2. The highest BCUT2D eigenvalue weighted by Crippen LogP contribution is 2.28. The predicted molar refractivity (Wildman–Crippen MR) is 99.8 cm³/mol. The van der Waals surface area contributed by atoms with Gasteiger partial charge >= 0.3 is 6.61 Å². The minimum Gasteiger partial charge on any atom is -0.493 e. The molecule has 27 heavy (non-hydrogen) atoms. The molecule has 0 aliphatic carbocycles. The number of ether oxygens (including phenoxy) is 3. The summed E-state index contributed by atoms with van der Waals surface area (Å²) in [5, 5.41) is 5.96. The number of amides is 1. The lowest BCUT2D eigenvalue weighted by molar-refractivity contribution is -0.146. The first-order chi connectivity index (χ1) is 12.5. The Morgan fingerprint density at radius 1 is 1.33 bits per heavy atom. The molecule has 0 unspecified atom stereocenters. The van der Waals surface area contributed by atoms with Crippen LogP contribution in [0.1, 0.15) is 31.7 Å². The molecule has 2 rings (SSSR count). The van der Waals surface area contributed by atoms with E-state index in [2.05, 4.69) is 15.4 Å². The zero-order valence-electron chi connectivity index (χ0n) is 15.6. The van der Waals surface area contributed by atoms with Gasteiger partial charge in [-0.1, -0.05) is 6.92 Å². The standard InChI is InChI=1S/C18H26F2N2O4.ClH/c1-3-10-25-14-5-4-13(15(11-14)26-17(19)20)12-22-16(23)18(24-2)6-8-21-9-7-18;/h4-5,11,17,21H,3,6-10,12H2,1-2H3,(H,22,23);1H. The summed E-state index contributed by atoms with van der Waals surface area (Å²) < 4.78 is 40.9. The van der Waals surface area contributed by atoms with Crippen LogP contribution >= 0.6 is 12.4 Å². The number of methoxy groups -OCH3 is 1. The predicted octanol–water partition coefficient (Wildman–Crippen LogP) is 2.88. The fourth-order valence-corrected chi connectivity index (χ4v) is 2.89. The number of halogens is 3. The second-order valence-corrected chi connectivity index (χ2v) is 6.13. The quantitative estimate of drug-likeness (QED) is 0.657. The molecule has 1 fully saturated rings. The highest BCUT2D eigenvalue weighted by atomic mass is 35.5. The Bertz CT molecular complexity index is 599. The summed E-state index contributed by atoms with van der Waals surface area (Å²) >= 11 is 0. The van der Waals surface area contributed by atoms with Crippen LogP contribution in [0, 0.1) is 0 Å². The van der Waals surface area contributed by atoms with Gasteiger partial charge in [-0.15, -0.1) is 12.4 Å². The number of carbonyl (C=O) groups is 1. The summed E-state index contributed by atoms with van der Waals surface area (Å²) in [5.41, 5.74) is -0.443. The van der Waals surface area contributed by atoms with Crippen molar-refractivity contribution in [3.8, 4) is 11.5 Å². The first-order valence-electron chi connectivity index (χ1n) is 8.75. The molecule has 0 radical (unpaired) electrons. The van der Waals surface area contributed by atoms with Crippen LogP contribution in [0.25, 0.3) is 0 Å². The molecule has 1 amide bonds. The summed E-state index contributed by atoms with van der Waals surface area (Å²) in [6.45, 7) is 0.907. The largest absolute Gasteiger partial charge is 0.493 e. The number of piperidine rings is 1. The molecule has 9 heteroatoms. The SMILES string of the molecule is CCCOc1ccc(CNC(=O)C2(OC)CCNCC2)c(OC(F)F)c1.Cl. The van der Waals surface area contributed by atoms with Gasteiger partial charge in [0.15, 0.2) is 0 Å². The fraction of sp³-hybridized carbons (Fsp3) is 0.611. The molecule has 2 N–H and O–H groups in total. The van der Waals surface area contributed by atoms with Gasteiger partial charge < -0.3 is 24.8 Å². The third-order valence-electron chi connectivity index (χ3n) is 4.38. The van der Waals surface area contributed by atoms with Gasteiger partial charge in [-0.05, 0) is 44.5 Å². The number of hydrogen-bond donors (Lipinski definition) is 2. The second-order valence-electron chi connectivity index (χ2n) is 6.13. The number of alkyl halides is 2. The van der Waals surface area contributed by atoms with E-state index in [1.807, 2.05) is 6.92 Å². The summed E-state index contributed by atoms with van der Waals surface area (Å²) in [4.78, 5) is 12.6. The van der Waals surface area contributed by atoms with E-state index >= 15 is 0 Å². The molecule has 154 valence electrons. The number of rotatable bonds is 9. The smallest absolute Gasteiger partial charge is 0.387 e. The first kappa shape index (κ1) is 23.4. The van der Waals surface area contributed by atoms with Crippen molar-refractivity contribution in [2.24, 2.45) is 0 Å². The molecule has 0 aromatic heterocycles. The number of benzene rings is 1. The van der Waals surface area contributed by atoms with Gasteiger partial charge in [-0.3, -0.25) is 4.79 Å². The third kappa shape index (κ3) is 6.48. The van der Waals surface area contributed by atoms with E-state index < -0.39 is 12.2 Å². The summed E-state index contributed by atoms with van der Waals surface area (Å²) in [5.74, 6) is 0.186. The van der Waals surface area contributed by atoms with E-state index in [0.717, 1.165) is 6.42 Å². The normalized spacial score (nSPS) is 15.7. The molecule has 1 saturated heterocycles. The molecule has 0 saturated carbocycles. The summed E-state index contributed by atoms with van der Waals surface area (Å²) in [6.07, 6.45) is 1.91. The zero-order chi connectivity index (χ0) is 19.0. The Labute approximate surface area is 164 Å². The molecular formula is C18H27ClF2N2O4. The van der Waals surface area contributed by atoms with E-state index in [-0.39, 0.29) is 30.6 Å². The first-order valence-corrected chi connectivity index (χ1v) is 8.75. The van der Waals surface area contributed by atoms with Gasteiger partial charge in [0.1, 0.15) is 17.1 Å². The van der Waals surface area contributed by atoms with Crippen LogP contribution in [-0.2, 0) is 16.1 Å². The lowest BCUT2D eigenvalue weighted by Crippen LogP contribution is -2.53. The van der Waals surface area contributed by atoms with Crippen molar-refractivity contribution in [2.45, 2.75) is 44.9 Å². The topological polar surface area (TPSA) is 68.8 Å². The van der Waals surface area contributed by atoms with Crippen molar-refractivity contribution in [2.75, 3.05) is 26.8 Å². The van der Waals surface area contributed by atoms with Crippen LogP contribution in [0.2, 0.25) is 0 Å². The Kier molecular flexibility index (Phi) is 9.76. The van der Waals surface area contributed by atoms with Crippen LogP contribution in [0.15, 0.2) is 18.2 Å². The molecule has 1 heterocycles. The van der Waals surface area contributed by atoms with Crippen molar-refractivity contribution in [3.05, 3.63) is 23.8 Å². The average Bonchev–Trinajstić information content (AvgIpc) is 2.65. The number of hydrogen-bond acceptors (Lipinski definition) is 5. The molecule has 1 aliphatic rings. The van der Waals surface area contributed by atoms with Gasteiger partial charge in [0.25, 0.3) is 5.91 Å². The molecule has 1 aromatic carbocycles. The van der Waals surface area contributed by atoms with Crippen molar-refractivity contribution < 1.29 is 27.8 Å². The highest BCUT2D eigenvalue weighted by molar-refractivity contribution is 5.85. The zero-order valence-corrected chi connectivity index (χ0v) is 16.4. The van der Waals surface area contributed by atoms with Gasteiger partial charge in [0.2, 0.25) is 0 Å². The lowest BCUT2D eigenvalue weighted by atomic mass is 9.91. The highest BCUT2D eigenvalue weighted by Gasteiger charge is 2.39. The minimum absolute atomic E-state index is 0. The van der Waals surface area contributed by atoms with Crippen LogP contribution in [-0.4, -0.2) is 44.9 Å². The maximum atomic E-state index is 12.7. The van der Waals surface area contributed by atoms with Crippen LogP contribution in [0.3, 0.4) is 0 Å². The summed E-state index contributed by atoms with van der Waals surface area (Å²) in [6, 6.07) is 4.71. The van der Waals surface area contributed by atoms with Crippen LogP contribution in [0.5, 0.6) is 11.5 Å². The van der Waals surface area contributed by atoms with Gasteiger partial charge in [0, 0.05) is 25.3 Å². The Hall–Kier alpha value is -1.64. The van der Waals surface area contributed by atoms with Gasteiger partial charge in [0.05, 0.1) is 6.61 Å². The third-order valence-corrected chi connectivity index (χ3v) is 4.38. The monoisotopic (exact) mass is 408 g/mol. The molecule has 1 aliphatic heterocycles. The van der Waals surface area contributed by atoms with E-state index in [0.29, 0.717) is 43.9 Å². The Balaban J connectivity index is 0.00000364. The Morgan fingerprint density at radius 2 is 2.04 bits per heavy atom. The van der Waals surface area contributed by atoms with Crippen molar-refractivity contribution >= 4 is 18.3 Å². The molecular weight excluding hydrogens is 382 g/mol. The van der Waals surface area contributed by atoms with Gasteiger partial charge in [-0.25, -0.2) is 0 Å². The maximum absolute atomic E-state index is 12.7. The molecule has 6 nitrogen and oxygen atoms in total. The van der Waals surface area contributed by atoms with E-state index in [1.165, 1.54) is 13.2 Å². The molecule has 0 bridgehead atoms. The van der Waals surface area contributed by atoms with Gasteiger partial charge in [-0.2, -0.15) is 8.78 Å². The fourth-order valence-electron chi connectivity index (χ4n) is 2.89. The van der Waals surface area contributed by atoms with Crippen molar-refractivity contribution in [1.29, 1.82) is 0 Å². The number of carbonyl (C=O) groups excluding carboxylic acids is 1. The van der Waals surface area contributed by atoms with E-state index in [1.54, 1.807) is 12.1 Å². The molecule has 1 aromatic rings. The average molecular weight is 409 g/mol. The van der Waals surface area contributed by atoms with Crippen LogP contribution < -0.4 is 20.1 Å². The Morgan fingerprint density at radius 3 is 2.63 bits per heavy atom. The van der Waals surface area contributed by atoms with Crippen molar-refractivity contribution in [3.63, 3.8) is 0 Å². The minimum atomic E-state index is -2.96. The van der Waals surface area contributed by atoms with E-state index in [4.69, 9.17) is 9.47 Å². The lowest BCUT2D eigenvalue weighted by Gasteiger charge is -2.34. The van der Waals surface area contributed by atoms with Crippen molar-refractivity contribution in [1.82, 2.24) is 10.6 Å². The molecule has 0 atom stereocenters. The van der Waals surface area contributed by atoms with Crippen LogP contribution in [0.4, 0.5) is 8.78 Å². The second kappa shape index (κ2) is 11.3.